The van der Waals surface area contributed by atoms with Crippen molar-refractivity contribution in [2.45, 2.75) is 13.5 Å². The lowest BCUT2D eigenvalue weighted by Gasteiger charge is -2.08. The summed E-state index contributed by atoms with van der Waals surface area (Å²) in [7, 11) is 0. The molecule has 0 radical (unpaired) electrons. The summed E-state index contributed by atoms with van der Waals surface area (Å²) < 4.78 is 15.4. The number of esters is 1. The maximum absolute atomic E-state index is 12.0. The predicted octanol–water partition coefficient (Wildman–Crippen LogP) is 2.11. The molecule has 1 aliphatic rings. The molecule has 27 heavy (non-hydrogen) atoms. The van der Waals surface area contributed by atoms with Crippen LogP contribution in [-0.2, 0) is 16.1 Å². The van der Waals surface area contributed by atoms with E-state index < -0.39 is 23.4 Å². The number of ether oxygens (including phenoxy) is 3. The number of nitro groups is 1. The monoisotopic (exact) mass is 372 g/mol. The highest BCUT2D eigenvalue weighted by Crippen LogP contribution is 2.32. The fourth-order valence-electron chi connectivity index (χ4n) is 2.45. The number of aryl methyl sites for hydroxylation is 1. The van der Waals surface area contributed by atoms with Gasteiger partial charge in [0.25, 0.3) is 11.6 Å². The van der Waals surface area contributed by atoms with Crippen molar-refractivity contribution in [2.24, 2.45) is 0 Å². The Bertz CT molecular complexity index is 911. The average molecular weight is 372 g/mol. The lowest BCUT2D eigenvalue weighted by Crippen LogP contribution is -2.28. The minimum atomic E-state index is -0.809. The Morgan fingerprint density at radius 2 is 1.96 bits per heavy atom. The summed E-state index contributed by atoms with van der Waals surface area (Å²) in [5.74, 6) is -0.0562. The molecule has 2 aromatic rings. The molecular weight excluding hydrogens is 356 g/mol. The highest BCUT2D eigenvalue weighted by Gasteiger charge is 2.17. The van der Waals surface area contributed by atoms with Crippen molar-refractivity contribution in [2.75, 3.05) is 13.4 Å². The summed E-state index contributed by atoms with van der Waals surface area (Å²) in [6.07, 6.45) is 0. The molecule has 0 unspecified atom stereocenters. The van der Waals surface area contributed by atoms with E-state index in [1.807, 2.05) is 0 Å². The highest BCUT2D eigenvalue weighted by molar-refractivity contribution is 5.92. The second-order valence-corrected chi connectivity index (χ2v) is 5.80. The SMILES string of the molecule is Cc1ccc(C(=O)OCC(=O)NCc2ccc3c(c2)OCO3)cc1[N+](=O)[O-]. The number of carbonyl (C=O) groups is 2. The summed E-state index contributed by atoms with van der Waals surface area (Å²) in [6.45, 7) is 1.46. The van der Waals surface area contributed by atoms with E-state index in [4.69, 9.17) is 14.2 Å². The molecule has 0 fully saturated rings. The van der Waals surface area contributed by atoms with Gasteiger partial charge in [-0.3, -0.25) is 14.9 Å². The normalized spacial score (nSPS) is 11.7. The van der Waals surface area contributed by atoms with Gasteiger partial charge >= 0.3 is 5.97 Å². The third kappa shape index (κ3) is 4.32. The van der Waals surface area contributed by atoms with Gasteiger partial charge in [-0.05, 0) is 30.7 Å². The van der Waals surface area contributed by atoms with E-state index in [-0.39, 0.29) is 24.6 Å². The van der Waals surface area contributed by atoms with Crippen LogP contribution in [0.4, 0.5) is 5.69 Å². The third-order valence-corrected chi connectivity index (χ3v) is 3.90. The lowest BCUT2D eigenvalue weighted by atomic mass is 10.1. The molecule has 0 aromatic heterocycles. The van der Waals surface area contributed by atoms with E-state index in [1.54, 1.807) is 25.1 Å². The predicted molar refractivity (Wildman–Crippen MR) is 92.5 cm³/mol. The van der Waals surface area contributed by atoms with Crippen LogP contribution in [0.3, 0.4) is 0 Å². The number of hydrogen-bond donors (Lipinski definition) is 1. The zero-order chi connectivity index (χ0) is 19.4. The molecule has 140 valence electrons. The van der Waals surface area contributed by atoms with Gasteiger partial charge < -0.3 is 19.5 Å². The van der Waals surface area contributed by atoms with Crippen LogP contribution >= 0.6 is 0 Å². The number of carbonyl (C=O) groups excluding carboxylic acids is 2. The quantitative estimate of drug-likeness (QED) is 0.469. The van der Waals surface area contributed by atoms with Crippen molar-refractivity contribution < 1.29 is 28.7 Å². The molecule has 0 saturated carbocycles. The molecule has 1 aliphatic heterocycles. The van der Waals surface area contributed by atoms with Crippen LogP contribution in [0.1, 0.15) is 21.5 Å². The first-order valence-electron chi connectivity index (χ1n) is 8.01. The molecule has 0 bridgehead atoms. The maximum Gasteiger partial charge on any atom is 0.338 e. The number of hydrogen-bond acceptors (Lipinski definition) is 7. The molecule has 9 heteroatoms. The van der Waals surface area contributed by atoms with Crippen molar-refractivity contribution in [3.05, 3.63) is 63.2 Å². The van der Waals surface area contributed by atoms with Crippen LogP contribution < -0.4 is 14.8 Å². The average Bonchev–Trinajstić information content (AvgIpc) is 3.12. The Hall–Kier alpha value is -3.62. The Balaban J connectivity index is 1.51. The smallest absolute Gasteiger partial charge is 0.338 e. The van der Waals surface area contributed by atoms with Crippen molar-refractivity contribution in [1.29, 1.82) is 0 Å². The van der Waals surface area contributed by atoms with Crippen LogP contribution in [0.2, 0.25) is 0 Å². The second kappa shape index (κ2) is 7.73. The summed E-state index contributed by atoms with van der Waals surface area (Å²) in [4.78, 5) is 34.2. The molecule has 9 nitrogen and oxygen atoms in total. The van der Waals surface area contributed by atoms with Gasteiger partial charge in [0.1, 0.15) is 0 Å². The van der Waals surface area contributed by atoms with Gasteiger partial charge in [0.15, 0.2) is 18.1 Å². The summed E-state index contributed by atoms with van der Waals surface area (Å²) in [5.41, 5.74) is 1.05. The number of rotatable bonds is 6. The van der Waals surface area contributed by atoms with E-state index in [2.05, 4.69) is 5.32 Å². The second-order valence-electron chi connectivity index (χ2n) is 5.80. The Morgan fingerprint density at radius 3 is 2.74 bits per heavy atom. The summed E-state index contributed by atoms with van der Waals surface area (Å²) in [5, 5.41) is 13.5. The van der Waals surface area contributed by atoms with Gasteiger partial charge in [-0.2, -0.15) is 0 Å². The van der Waals surface area contributed by atoms with E-state index in [0.29, 0.717) is 17.1 Å². The number of nitro benzene ring substituents is 1. The lowest BCUT2D eigenvalue weighted by molar-refractivity contribution is -0.385. The number of benzene rings is 2. The molecular formula is C18H16N2O7. The Kier molecular flexibility index (Phi) is 5.20. The third-order valence-electron chi connectivity index (χ3n) is 3.90. The van der Waals surface area contributed by atoms with Gasteiger partial charge in [-0.1, -0.05) is 12.1 Å². The van der Waals surface area contributed by atoms with Gasteiger partial charge in [0.05, 0.1) is 10.5 Å². The standard InChI is InChI=1S/C18H16N2O7/c1-11-2-4-13(7-14(11)20(23)24)18(22)25-9-17(21)19-8-12-3-5-15-16(6-12)27-10-26-15/h2-7H,8-10H2,1H3,(H,19,21). The molecule has 1 amide bonds. The van der Waals surface area contributed by atoms with E-state index in [0.717, 1.165) is 11.6 Å². The highest BCUT2D eigenvalue weighted by atomic mass is 16.7. The van der Waals surface area contributed by atoms with E-state index >= 15 is 0 Å². The first-order chi connectivity index (χ1) is 12.9. The molecule has 1 N–H and O–H groups in total. The van der Waals surface area contributed by atoms with Crippen LogP contribution in [0.15, 0.2) is 36.4 Å². The first kappa shape index (κ1) is 18.2. The van der Waals surface area contributed by atoms with Crippen LogP contribution in [0.25, 0.3) is 0 Å². The summed E-state index contributed by atoms with van der Waals surface area (Å²) in [6, 6.07) is 9.27. The van der Waals surface area contributed by atoms with Crippen molar-refractivity contribution in [1.82, 2.24) is 5.32 Å². The number of nitrogens with zero attached hydrogens (tertiary/aromatic N) is 1. The molecule has 0 atom stereocenters. The fourth-order valence-corrected chi connectivity index (χ4v) is 2.45. The molecule has 0 saturated heterocycles. The largest absolute Gasteiger partial charge is 0.454 e. The zero-order valence-electron chi connectivity index (χ0n) is 14.4. The minimum Gasteiger partial charge on any atom is -0.454 e. The van der Waals surface area contributed by atoms with Crippen LogP contribution in [-0.4, -0.2) is 30.2 Å². The maximum atomic E-state index is 12.0. The molecule has 2 aromatic carbocycles. The van der Waals surface area contributed by atoms with Gasteiger partial charge in [0, 0.05) is 18.2 Å². The van der Waals surface area contributed by atoms with Gasteiger partial charge in [-0.25, -0.2) is 4.79 Å². The van der Waals surface area contributed by atoms with E-state index in [1.165, 1.54) is 12.1 Å². The number of fused-ring (bicyclic) bond motifs is 1. The topological polar surface area (TPSA) is 117 Å². The van der Waals surface area contributed by atoms with Crippen molar-refractivity contribution in [3.63, 3.8) is 0 Å². The zero-order valence-corrected chi connectivity index (χ0v) is 14.4. The molecule has 0 aliphatic carbocycles. The molecule has 1 heterocycles. The molecule has 3 rings (SSSR count). The Labute approximate surface area is 154 Å². The Morgan fingerprint density at radius 1 is 1.19 bits per heavy atom. The van der Waals surface area contributed by atoms with Crippen molar-refractivity contribution >= 4 is 17.6 Å². The number of amides is 1. The van der Waals surface area contributed by atoms with Crippen LogP contribution in [0.5, 0.6) is 11.5 Å². The van der Waals surface area contributed by atoms with Crippen LogP contribution in [0, 0.1) is 17.0 Å². The van der Waals surface area contributed by atoms with Crippen molar-refractivity contribution in [3.8, 4) is 11.5 Å². The van der Waals surface area contributed by atoms with Gasteiger partial charge in [0.2, 0.25) is 6.79 Å². The molecule has 0 spiro atoms. The summed E-state index contributed by atoms with van der Waals surface area (Å²) >= 11 is 0. The van der Waals surface area contributed by atoms with Gasteiger partial charge in [-0.15, -0.1) is 0 Å². The van der Waals surface area contributed by atoms with E-state index in [9.17, 15) is 19.7 Å². The first-order valence-corrected chi connectivity index (χ1v) is 8.01. The fraction of sp³-hybridized carbons (Fsp3) is 0.222. The minimum absolute atomic E-state index is 0.0101. The number of nitrogens with one attached hydrogen (secondary N) is 1.